The average molecular weight is 388 g/mol. The van der Waals surface area contributed by atoms with E-state index in [1.165, 1.54) is 25.5 Å². The zero-order chi connectivity index (χ0) is 20.1. The fourth-order valence-electron chi connectivity index (χ4n) is 3.37. The predicted octanol–water partition coefficient (Wildman–Crippen LogP) is 4.52. The summed E-state index contributed by atoms with van der Waals surface area (Å²) in [5.41, 5.74) is 3.75. The second-order valence-electron chi connectivity index (χ2n) is 7.02. The minimum atomic E-state index is -0.111. The number of nitrogens with one attached hydrogen (secondary N) is 3. The van der Waals surface area contributed by atoms with E-state index in [0.29, 0.717) is 11.8 Å². The van der Waals surface area contributed by atoms with Gasteiger partial charge in [0.1, 0.15) is 5.82 Å². The van der Waals surface area contributed by atoms with E-state index < -0.39 is 0 Å². The lowest BCUT2D eigenvalue weighted by molar-refractivity contribution is -0.114. The van der Waals surface area contributed by atoms with Crippen LogP contribution in [0.2, 0.25) is 0 Å². The molecule has 0 saturated carbocycles. The molecule has 7 nitrogen and oxygen atoms in total. The van der Waals surface area contributed by atoms with E-state index in [4.69, 9.17) is 0 Å². The van der Waals surface area contributed by atoms with Gasteiger partial charge >= 0.3 is 0 Å². The number of nitrogens with zero attached hydrogens (tertiary/aromatic N) is 3. The Morgan fingerprint density at radius 3 is 2.45 bits per heavy atom. The van der Waals surface area contributed by atoms with Gasteiger partial charge in [0.2, 0.25) is 11.9 Å². The van der Waals surface area contributed by atoms with Gasteiger partial charge in [-0.05, 0) is 61.4 Å². The van der Waals surface area contributed by atoms with E-state index in [1.807, 2.05) is 30.3 Å². The Morgan fingerprint density at radius 1 is 0.931 bits per heavy atom. The number of aromatic nitrogens is 2. The third-order valence-electron chi connectivity index (χ3n) is 4.71. The molecular weight excluding hydrogens is 364 g/mol. The van der Waals surface area contributed by atoms with Crippen molar-refractivity contribution in [3.05, 3.63) is 60.8 Å². The van der Waals surface area contributed by atoms with Gasteiger partial charge in [-0.1, -0.05) is 6.07 Å². The van der Waals surface area contributed by atoms with E-state index in [0.717, 1.165) is 30.2 Å². The number of hydrogen-bond acceptors (Lipinski definition) is 6. The minimum Gasteiger partial charge on any atom is -0.372 e. The predicted molar refractivity (Wildman–Crippen MR) is 117 cm³/mol. The molecule has 0 unspecified atom stereocenters. The normalized spacial score (nSPS) is 13.2. The maximum Gasteiger partial charge on any atom is 0.229 e. The Morgan fingerprint density at radius 2 is 1.69 bits per heavy atom. The van der Waals surface area contributed by atoms with Crippen molar-refractivity contribution in [1.29, 1.82) is 0 Å². The van der Waals surface area contributed by atoms with Crippen LogP contribution in [0.1, 0.15) is 19.8 Å². The van der Waals surface area contributed by atoms with Crippen LogP contribution in [-0.2, 0) is 4.79 Å². The molecule has 0 spiro atoms. The van der Waals surface area contributed by atoms with Gasteiger partial charge < -0.3 is 20.9 Å². The number of benzene rings is 2. The van der Waals surface area contributed by atoms with Gasteiger partial charge in [-0.15, -0.1) is 0 Å². The van der Waals surface area contributed by atoms with Crippen molar-refractivity contribution in [3.63, 3.8) is 0 Å². The highest BCUT2D eigenvalue weighted by atomic mass is 16.1. The summed E-state index contributed by atoms with van der Waals surface area (Å²) in [4.78, 5) is 22.4. The first kappa shape index (κ1) is 18.7. The van der Waals surface area contributed by atoms with Crippen LogP contribution >= 0.6 is 0 Å². The first-order valence-corrected chi connectivity index (χ1v) is 9.75. The molecule has 1 aliphatic rings. The van der Waals surface area contributed by atoms with E-state index in [9.17, 15) is 4.79 Å². The van der Waals surface area contributed by atoms with Crippen molar-refractivity contribution in [1.82, 2.24) is 9.97 Å². The van der Waals surface area contributed by atoms with E-state index >= 15 is 0 Å². The molecule has 7 heteroatoms. The summed E-state index contributed by atoms with van der Waals surface area (Å²) in [5.74, 6) is 1.07. The molecular formula is C22H24N6O. The number of anilines is 6. The lowest BCUT2D eigenvalue weighted by Crippen LogP contribution is -2.17. The van der Waals surface area contributed by atoms with Crippen LogP contribution in [0.25, 0.3) is 0 Å². The second-order valence-corrected chi connectivity index (χ2v) is 7.02. The molecule has 1 fully saturated rings. The molecule has 4 rings (SSSR count). The van der Waals surface area contributed by atoms with Gasteiger partial charge in [0, 0.05) is 49.0 Å². The van der Waals surface area contributed by atoms with Gasteiger partial charge in [0.05, 0.1) is 0 Å². The largest absolute Gasteiger partial charge is 0.372 e. The molecule has 1 saturated heterocycles. The van der Waals surface area contributed by atoms with Crippen LogP contribution in [0.15, 0.2) is 60.8 Å². The molecule has 0 radical (unpaired) electrons. The van der Waals surface area contributed by atoms with Crippen molar-refractivity contribution in [3.8, 4) is 0 Å². The topological polar surface area (TPSA) is 82.2 Å². The van der Waals surface area contributed by atoms with Crippen LogP contribution < -0.4 is 20.9 Å². The smallest absolute Gasteiger partial charge is 0.229 e. The van der Waals surface area contributed by atoms with Crippen LogP contribution in [0, 0.1) is 0 Å². The molecule has 3 aromatic rings. The molecule has 0 aliphatic carbocycles. The summed E-state index contributed by atoms with van der Waals surface area (Å²) in [6.07, 6.45) is 4.24. The van der Waals surface area contributed by atoms with Crippen molar-refractivity contribution >= 4 is 40.4 Å². The molecule has 148 valence electrons. The van der Waals surface area contributed by atoms with Crippen molar-refractivity contribution in [2.24, 2.45) is 0 Å². The fraction of sp³-hybridized carbons (Fsp3) is 0.227. The zero-order valence-electron chi connectivity index (χ0n) is 16.4. The SMILES string of the molecule is CC(=O)Nc1cccc(Nc2nccc(Nc3ccc(N4CCCC4)cc3)n2)c1. The van der Waals surface area contributed by atoms with Crippen molar-refractivity contribution < 1.29 is 4.79 Å². The Bertz CT molecular complexity index is 983. The van der Waals surface area contributed by atoms with Gasteiger partial charge in [0.25, 0.3) is 0 Å². The van der Waals surface area contributed by atoms with Crippen LogP contribution in [0.3, 0.4) is 0 Å². The van der Waals surface area contributed by atoms with E-state index in [2.05, 4.69) is 55.1 Å². The maximum absolute atomic E-state index is 11.2. The molecule has 1 amide bonds. The first-order valence-electron chi connectivity index (χ1n) is 9.75. The summed E-state index contributed by atoms with van der Waals surface area (Å²) >= 11 is 0. The fourth-order valence-corrected chi connectivity index (χ4v) is 3.37. The number of carbonyl (C=O) groups is 1. The van der Waals surface area contributed by atoms with Crippen molar-refractivity contribution in [2.45, 2.75) is 19.8 Å². The van der Waals surface area contributed by atoms with E-state index in [1.54, 1.807) is 6.20 Å². The van der Waals surface area contributed by atoms with Gasteiger partial charge in [-0.25, -0.2) is 4.98 Å². The highest BCUT2D eigenvalue weighted by Crippen LogP contribution is 2.24. The lowest BCUT2D eigenvalue weighted by Gasteiger charge is -2.18. The van der Waals surface area contributed by atoms with Crippen LogP contribution in [0.4, 0.5) is 34.5 Å². The monoisotopic (exact) mass is 388 g/mol. The maximum atomic E-state index is 11.2. The summed E-state index contributed by atoms with van der Waals surface area (Å²) in [6, 6.07) is 17.7. The third-order valence-corrected chi connectivity index (χ3v) is 4.71. The van der Waals surface area contributed by atoms with Gasteiger partial charge in [-0.2, -0.15) is 4.98 Å². The summed E-state index contributed by atoms with van der Waals surface area (Å²) in [7, 11) is 0. The second kappa shape index (κ2) is 8.60. The number of amides is 1. The summed E-state index contributed by atoms with van der Waals surface area (Å²) in [5, 5.41) is 9.25. The molecule has 0 bridgehead atoms. The Kier molecular flexibility index (Phi) is 5.56. The highest BCUT2D eigenvalue weighted by molar-refractivity contribution is 5.89. The minimum absolute atomic E-state index is 0.111. The third kappa shape index (κ3) is 5.01. The Balaban J connectivity index is 1.43. The van der Waals surface area contributed by atoms with Crippen LogP contribution in [-0.4, -0.2) is 29.0 Å². The molecule has 2 aromatic carbocycles. The van der Waals surface area contributed by atoms with Gasteiger partial charge in [-0.3, -0.25) is 4.79 Å². The molecule has 1 aliphatic heterocycles. The highest BCUT2D eigenvalue weighted by Gasteiger charge is 2.11. The Labute approximate surface area is 170 Å². The summed E-state index contributed by atoms with van der Waals surface area (Å²) < 4.78 is 0. The first-order chi connectivity index (χ1) is 14.2. The quantitative estimate of drug-likeness (QED) is 0.576. The van der Waals surface area contributed by atoms with E-state index in [-0.39, 0.29) is 5.91 Å². The summed E-state index contributed by atoms with van der Waals surface area (Å²) in [6.45, 7) is 3.75. The number of hydrogen-bond donors (Lipinski definition) is 3. The standard InChI is InChI=1S/C22H24N6O/c1-16(29)24-18-5-4-6-19(15-18)26-22-23-12-11-21(27-22)25-17-7-9-20(10-8-17)28-13-2-3-14-28/h4-12,15H,2-3,13-14H2,1H3,(H,24,29)(H2,23,25,26,27). The molecule has 1 aromatic heterocycles. The molecule has 29 heavy (non-hydrogen) atoms. The van der Waals surface area contributed by atoms with Gasteiger partial charge in [0.15, 0.2) is 0 Å². The number of rotatable bonds is 6. The Hall–Kier alpha value is -3.61. The molecule has 2 heterocycles. The van der Waals surface area contributed by atoms with Crippen LogP contribution in [0.5, 0.6) is 0 Å². The molecule has 3 N–H and O–H groups in total. The lowest BCUT2D eigenvalue weighted by atomic mass is 10.2. The molecule has 0 atom stereocenters. The average Bonchev–Trinajstić information content (AvgIpc) is 3.23. The number of carbonyl (C=O) groups excluding carboxylic acids is 1. The zero-order valence-corrected chi connectivity index (χ0v) is 16.4. The van der Waals surface area contributed by atoms with Crippen molar-refractivity contribution in [2.75, 3.05) is 33.9 Å².